The zero-order chi connectivity index (χ0) is 12.9. The molecule has 0 radical (unpaired) electrons. The fourth-order valence-electron chi connectivity index (χ4n) is 2.97. The monoisotopic (exact) mass is 246 g/mol. The van der Waals surface area contributed by atoms with Gasteiger partial charge in [0.05, 0.1) is 5.52 Å². The maximum atomic E-state index is 14.2. The summed E-state index contributed by atoms with van der Waals surface area (Å²) >= 11 is 0. The van der Waals surface area contributed by atoms with Gasteiger partial charge < -0.3 is 10.3 Å². The molecule has 1 unspecified atom stereocenters. The first-order valence-corrected chi connectivity index (χ1v) is 6.55. The van der Waals surface area contributed by atoms with Crippen molar-refractivity contribution in [2.45, 2.75) is 39.2 Å². The van der Waals surface area contributed by atoms with Crippen LogP contribution in [0.1, 0.15) is 36.6 Å². The Balaban J connectivity index is 2.23. The lowest BCUT2D eigenvalue weighted by molar-refractivity contribution is 0.432. The van der Waals surface area contributed by atoms with Crippen molar-refractivity contribution >= 4 is 10.9 Å². The number of H-pyrrole nitrogens is 1. The first-order chi connectivity index (χ1) is 8.51. The fourth-order valence-corrected chi connectivity index (χ4v) is 2.97. The van der Waals surface area contributed by atoms with Crippen LogP contribution >= 0.6 is 0 Å². The van der Waals surface area contributed by atoms with E-state index >= 15 is 0 Å². The van der Waals surface area contributed by atoms with Crippen molar-refractivity contribution in [1.29, 1.82) is 0 Å². The molecule has 2 aromatic rings. The van der Waals surface area contributed by atoms with Gasteiger partial charge in [-0.05, 0) is 63.4 Å². The summed E-state index contributed by atoms with van der Waals surface area (Å²) in [4.78, 5) is 3.13. The van der Waals surface area contributed by atoms with Gasteiger partial charge in [0.1, 0.15) is 5.82 Å². The normalized spacial score (nSPS) is 24.0. The molecule has 1 aliphatic rings. The van der Waals surface area contributed by atoms with Crippen LogP contribution in [0.2, 0.25) is 0 Å². The first-order valence-electron chi connectivity index (χ1n) is 6.55. The van der Waals surface area contributed by atoms with Crippen LogP contribution in [0.3, 0.4) is 0 Å². The van der Waals surface area contributed by atoms with Gasteiger partial charge in [0, 0.05) is 16.6 Å². The summed E-state index contributed by atoms with van der Waals surface area (Å²) in [5.41, 5.74) is 3.81. The minimum absolute atomic E-state index is 0.0767. The van der Waals surface area contributed by atoms with E-state index in [4.69, 9.17) is 0 Å². The summed E-state index contributed by atoms with van der Waals surface area (Å²) in [6.07, 6.45) is 2.22. The summed E-state index contributed by atoms with van der Waals surface area (Å²) in [5.74, 6) is -0.145. The largest absolute Gasteiger partial charge is 0.356 e. The van der Waals surface area contributed by atoms with Gasteiger partial charge in [0.25, 0.3) is 0 Å². The van der Waals surface area contributed by atoms with E-state index in [9.17, 15) is 4.39 Å². The molecule has 2 heterocycles. The van der Waals surface area contributed by atoms with Gasteiger partial charge in [0.2, 0.25) is 0 Å². The zero-order valence-corrected chi connectivity index (χ0v) is 11.2. The number of aromatic amines is 1. The third-order valence-corrected chi connectivity index (χ3v) is 4.38. The van der Waals surface area contributed by atoms with E-state index in [1.165, 1.54) is 0 Å². The predicted molar refractivity (Wildman–Crippen MR) is 72.3 cm³/mol. The Bertz CT molecular complexity index is 606. The lowest BCUT2D eigenvalue weighted by Gasteiger charge is -2.25. The van der Waals surface area contributed by atoms with E-state index in [1.54, 1.807) is 6.07 Å². The molecular formula is C15H19FN2. The molecule has 1 atom stereocenters. The molecule has 0 bridgehead atoms. The van der Waals surface area contributed by atoms with Gasteiger partial charge >= 0.3 is 0 Å². The second kappa shape index (κ2) is 3.82. The topological polar surface area (TPSA) is 27.8 Å². The maximum Gasteiger partial charge on any atom is 0.147 e. The number of halogens is 1. The quantitative estimate of drug-likeness (QED) is 0.791. The highest BCUT2D eigenvalue weighted by Crippen LogP contribution is 2.34. The van der Waals surface area contributed by atoms with Crippen LogP contribution in [0.25, 0.3) is 10.9 Å². The molecule has 18 heavy (non-hydrogen) atoms. The summed E-state index contributed by atoms with van der Waals surface area (Å²) < 4.78 is 14.2. The SMILES string of the molecule is Cc1[nH]c2c(F)cc(C3(C)CCCN3)cc2c1C. The molecule has 1 aromatic carbocycles. The van der Waals surface area contributed by atoms with E-state index in [1.807, 2.05) is 13.8 Å². The smallest absolute Gasteiger partial charge is 0.147 e. The third-order valence-electron chi connectivity index (χ3n) is 4.38. The summed E-state index contributed by atoms with van der Waals surface area (Å²) in [5, 5.41) is 4.50. The van der Waals surface area contributed by atoms with Gasteiger partial charge in [-0.3, -0.25) is 0 Å². The lowest BCUT2D eigenvalue weighted by atomic mass is 9.89. The van der Waals surface area contributed by atoms with Gasteiger partial charge in [0.15, 0.2) is 0 Å². The van der Waals surface area contributed by atoms with Crippen LogP contribution in [-0.2, 0) is 5.54 Å². The Hall–Kier alpha value is -1.35. The lowest BCUT2D eigenvalue weighted by Crippen LogP contribution is -2.33. The van der Waals surface area contributed by atoms with E-state index in [-0.39, 0.29) is 11.4 Å². The molecule has 1 saturated heterocycles. The molecule has 0 aliphatic carbocycles. The minimum Gasteiger partial charge on any atom is -0.356 e. The number of hydrogen-bond acceptors (Lipinski definition) is 1. The molecule has 0 saturated carbocycles. The average molecular weight is 246 g/mol. The summed E-state index contributed by atoms with van der Waals surface area (Å²) in [6, 6.07) is 3.81. The first kappa shape index (κ1) is 11.7. The predicted octanol–water partition coefficient (Wildman–Crippen LogP) is 3.52. The highest BCUT2D eigenvalue weighted by atomic mass is 19.1. The second-order valence-electron chi connectivity index (χ2n) is 5.62. The average Bonchev–Trinajstić information content (AvgIpc) is 2.88. The third kappa shape index (κ3) is 1.57. The Kier molecular flexibility index (Phi) is 2.49. The van der Waals surface area contributed by atoms with Gasteiger partial charge in [-0.1, -0.05) is 0 Å². The van der Waals surface area contributed by atoms with Gasteiger partial charge in [-0.25, -0.2) is 4.39 Å². The summed E-state index contributed by atoms with van der Waals surface area (Å²) in [7, 11) is 0. The molecule has 1 aromatic heterocycles. The molecule has 3 heteroatoms. The van der Waals surface area contributed by atoms with Crippen molar-refractivity contribution in [1.82, 2.24) is 10.3 Å². The van der Waals surface area contributed by atoms with Gasteiger partial charge in [-0.15, -0.1) is 0 Å². The number of benzene rings is 1. The molecule has 0 spiro atoms. The Morgan fingerprint density at radius 1 is 1.28 bits per heavy atom. The van der Waals surface area contributed by atoms with E-state index in [0.717, 1.165) is 41.6 Å². The van der Waals surface area contributed by atoms with Crippen LogP contribution in [0, 0.1) is 19.7 Å². The van der Waals surface area contributed by atoms with E-state index in [0.29, 0.717) is 5.52 Å². The number of aryl methyl sites for hydroxylation is 2. The number of hydrogen-bond donors (Lipinski definition) is 2. The molecule has 1 aliphatic heterocycles. The maximum absolute atomic E-state index is 14.2. The molecule has 96 valence electrons. The Labute approximate surface area is 107 Å². The Morgan fingerprint density at radius 3 is 2.72 bits per heavy atom. The highest BCUT2D eigenvalue weighted by Gasteiger charge is 2.31. The summed E-state index contributed by atoms with van der Waals surface area (Å²) in [6.45, 7) is 7.21. The van der Waals surface area contributed by atoms with Crippen molar-refractivity contribution in [3.05, 3.63) is 34.8 Å². The zero-order valence-electron chi connectivity index (χ0n) is 11.2. The molecule has 3 rings (SSSR count). The molecule has 2 N–H and O–H groups in total. The molecular weight excluding hydrogens is 227 g/mol. The number of fused-ring (bicyclic) bond motifs is 1. The van der Waals surface area contributed by atoms with Crippen molar-refractivity contribution in [3.8, 4) is 0 Å². The second-order valence-corrected chi connectivity index (χ2v) is 5.62. The molecule has 0 amide bonds. The van der Waals surface area contributed by atoms with E-state index in [2.05, 4.69) is 23.3 Å². The van der Waals surface area contributed by atoms with Crippen LogP contribution < -0.4 is 5.32 Å². The van der Waals surface area contributed by atoms with Crippen LogP contribution in [0.5, 0.6) is 0 Å². The van der Waals surface area contributed by atoms with E-state index < -0.39 is 0 Å². The van der Waals surface area contributed by atoms with Gasteiger partial charge in [-0.2, -0.15) is 0 Å². The van der Waals surface area contributed by atoms with Crippen molar-refractivity contribution in [2.75, 3.05) is 6.54 Å². The van der Waals surface area contributed by atoms with Crippen LogP contribution in [-0.4, -0.2) is 11.5 Å². The number of aromatic nitrogens is 1. The fraction of sp³-hybridized carbons (Fsp3) is 0.467. The highest BCUT2D eigenvalue weighted by molar-refractivity contribution is 5.85. The molecule has 2 nitrogen and oxygen atoms in total. The van der Waals surface area contributed by atoms with Crippen molar-refractivity contribution < 1.29 is 4.39 Å². The van der Waals surface area contributed by atoms with Crippen molar-refractivity contribution in [2.24, 2.45) is 0 Å². The number of rotatable bonds is 1. The van der Waals surface area contributed by atoms with Crippen LogP contribution in [0.4, 0.5) is 4.39 Å². The molecule has 1 fully saturated rings. The standard InChI is InChI=1S/C15H19FN2/c1-9-10(2)18-14-12(9)7-11(8-13(14)16)15(3)5-4-6-17-15/h7-8,17-18H,4-6H2,1-3H3. The van der Waals surface area contributed by atoms with Crippen molar-refractivity contribution in [3.63, 3.8) is 0 Å². The minimum atomic E-state index is -0.145. The number of nitrogens with one attached hydrogen (secondary N) is 2. The Morgan fingerprint density at radius 2 is 2.06 bits per heavy atom. The van der Waals surface area contributed by atoms with Crippen LogP contribution in [0.15, 0.2) is 12.1 Å².